The molecule has 1 aromatic carbocycles. The van der Waals surface area contributed by atoms with Crippen molar-refractivity contribution >= 4 is 24.2 Å². The zero-order chi connectivity index (χ0) is 15.5. The van der Waals surface area contributed by atoms with Crippen LogP contribution in [0.5, 0.6) is 0 Å². The van der Waals surface area contributed by atoms with Gasteiger partial charge in [0.05, 0.1) is 5.92 Å². The summed E-state index contributed by atoms with van der Waals surface area (Å²) in [5.41, 5.74) is 6.26. The van der Waals surface area contributed by atoms with E-state index in [-0.39, 0.29) is 36.6 Å². The molecule has 0 spiro atoms. The van der Waals surface area contributed by atoms with Crippen molar-refractivity contribution < 1.29 is 9.59 Å². The predicted octanol–water partition coefficient (Wildman–Crippen LogP) is 1.31. The van der Waals surface area contributed by atoms with E-state index in [1.54, 1.807) is 4.90 Å². The van der Waals surface area contributed by atoms with E-state index in [9.17, 15) is 9.59 Å². The fourth-order valence-electron chi connectivity index (χ4n) is 2.39. The van der Waals surface area contributed by atoms with Gasteiger partial charge in [0.25, 0.3) is 0 Å². The lowest BCUT2D eigenvalue weighted by Gasteiger charge is -2.26. The number of hydrogen-bond acceptors (Lipinski definition) is 3. The molecule has 1 atom stereocenters. The standard InChI is InChI=1S/C16H23N3O2.ClH/c1-16(2,11-17)18-15(21)13-8-14(20)19(10-13)9-12-6-4-3-5-7-12;/h3-7,13H,8-11,17H2,1-2H3,(H,18,21);1H. The van der Waals surface area contributed by atoms with Gasteiger partial charge in [-0.15, -0.1) is 12.4 Å². The quantitative estimate of drug-likeness (QED) is 0.857. The predicted molar refractivity (Wildman–Crippen MR) is 88.5 cm³/mol. The maximum absolute atomic E-state index is 12.2. The third kappa shape index (κ3) is 4.71. The molecule has 5 nitrogen and oxygen atoms in total. The van der Waals surface area contributed by atoms with Gasteiger partial charge in [-0.1, -0.05) is 30.3 Å². The minimum Gasteiger partial charge on any atom is -0.350 e. The molecule has 2 amide bonds. The Kier molecular flexibility index (Phi) is 6.38. The molecule has 0 radical (unpaired) electrons. The molecule has 1 heterocycles. The number of amides is 2. The number of nitrogens with one attached hydrogen (secondary N) is 1. The van der Waals surface area contributed by atoms with Gasteiger partial charge in [0.2, 0.25) is 11.8 Å². The largest absolute Gasteiger partial charge is 0.350 e. The van der Waals surface area contributed by atoms with Crippen molar-refractivity contribution in [2.75, 3.05) is 13.1 Å². The molecule has 3 N–H and O–H groups in total. The van der Waals surface area contributed by atoms with Crippen LogP contribution in [-0.4, -0.2) is 35.3 Å². The topological polar surface area (TPSA) is 75.4 Å². The fourth-order valence-corrected chi connectivity index (χ4v) is 2.39. The number of nitrogens with zero attached hydrogens (tertiary/aromatic N) is 1. The summed E-state index contributed by atoms with van der Waals surface area (Å²) in [5, 5.41) is 2.91. The van der Waals surface area contributed by atoms with Crippen LogP contribution >= 0.6 is 12.4 Å². The summed E-state index contributed by atoms with van der Waals surface area (Å²) in [4.78, 5) is 26.0. The van der Waals surface area contributed by atoms with Crippen LogP contribution in [0.4, 0.5) is 0 Å². The molecule has 22 heavy (non-hydrogen) atoms. The molecule has 0 aromatic heterocycles. The SMILES string of the molecule is CC(C)(CN)NC(=O)C1CC(=O)N(Cc2ccccc2)C1.Cl. The van der Waals surface area contributed by atoms with Gasteiger partial charge in [0, 0.05) is 31.6 Å². The first kappa shape index (κ1) is 18.5. The second kappa shape index (κ2) is 7.61. The minimum absolute atomic E-state index is 0. The summed E-state index contributed by atoms with van der Waals surface area (Å²) in [7, 11) is 0. The average Bonchev–Trinajstić information content (AvgIpc) is 2.81. The van der Waals surface area contributed by atoms with Crippen molar-refractivity contribution in [3.8, 4) is 0 Å². The van der Waals surface area contributed by atoms with Crippen molar-refractivity contribution in [2.45, 2.75) is 32.4 Å². The van der Waals surface area contributed by atoms with Gasteiger partial charge in [-0.25, -0.2) is 0 Å². The van der Waals surface area contributed by atoms with Crippen LogP contribution in [0.3, 0.4) is 0 Å². The van der Waals surface area contributed by atoms with Crippen molar-refractivity contribution in [3.05, 3.63) is 35.9 Å². The Hall–Kier alpha value is -1.59. The minimum atomic E-state index is -0.438. The van der Waals surface area contributed by atoms with Gasteiger partial charge in [-0.3, -0.25) is 9.59 Å². The molecular formula is C16H24ClN3O2. The number of carbonyl (C=O) groups is 2. The van der Waals surface area contributed by atoms with E-state index in [2.05, 4.69) is 5.32 Å². The highest BCUT2D eigenvalue weighted by atomic mass is 35.5. The highest BCUT2D eigenvalue weighted by molar-refractivity contribution is 5.89. The van der Waals surface area contributed by atoms with Gasteiger partial charge in [-0.2, -0.15) is 0 Å². The van der Waals surface area contributed by atoms with Gasteiger partial charge in [0.15, 0.2) is 0 Å². The summed E-state index contributed by atoms with van der Waals surface area (Å²) in [6.45, 7) is 5.16. The number of hydrogen-bond donors (Lipinski definition) is 2. The number of likely N-dealkylation sites (tertiary alicyclic amines) is 1. The monoisotopic (exact) mass is 325 g/mol. The molecule has 2 rings (SSSR count). The summed E-state index contributed by atoms with van der Waals surface area (Å²) in [5.74, 6) is -0.342. The van der Waals surface area contributed by atoms with E-state index >= 15 is 0 Å². The second-order valence-corrected chi connectivity index (χ2v) is 6.24. The van der Waals surface area contributed by atoms with Crippen LogP contribution in [0.15, 0.2) is 30.3 Å². The van der Waals surface area contributed by atoms with Crippen LogP contribution in [0.25, 0.3) is 0 Å². The third-order valence-electron chi connectivity index (χ3n) is 3.77. The van der Waals surface area contributed by atoms with Crippen LogP contribution < -0.4 is 11.1 Å². The van der Waals surface area contributed by atoms with Crippen molar-refractivity contribution in [3.63, 3.8) is 0 Å². The smallest absolute Gasteiger partial charge is 0.225 e. The van der Waals surface area contributed by atoms with E-state index < -0.39 is 5.54 Å². The Morgan fingerprint density at radius 1 is 1.36 bits per heavy atom. The molecule has 0 saturated carbocycles. The number of benzene rings is 1. The van der Waals surface area contributed by atoms with Crippen molar-refractivity contribution in [2.24, 2.45) is 11.7 Å². The first-order valence-corrected chi connectivity index (χ1v) is 7.25. The van der Waals surface area contributed by atoms with Gasteiger partial charge >= 0.3 is 0 Å². The lowest BCUT2D eigenvalue weighted by Crippen LogP contribution is -2.51. The van der Waals surface area contributed by atoms with Gasteiger partial charge in [-0.05, 0) is 19.4 Å². The number of halogens is 1. The normalized spacial score (nSPS) is 18.0. The van der Waals surface area contributed by atoms with E-state index in [0.29, 0.717) is 19.6 Å². The van der Waals surface area contributed by atoms with Crippen molar-refractivity contribution in [1.29, 1.82) is 0 Å². The van der Waals surface area contributed by atoms with E-state index in [4.69, 9.17) is 5.73 Å². The van der Waals surface area contributed by atoms with Gasteiger partial charge in [0.1, 0.15) is 0 Å². The lowest BCUT2D eigenvalue weighted by atomic mass is 10.0. The summed E-state index contributed by atoms with van der Waals surface area (Å²) in [6, 6.07) is 9.81. The van der Waals surface area contributed by atoms with E-state index in [1.165, 1.54) is 0 Å². The number of carbonyl (C=O) groups excluding carboxylic acids is 2. The molecule has 1 aliphatic heterocycles. The Balaban J connectivity index is 0.00000242. The molecule has 1 unspecified atom stereocenters. The first-order valence-electron chi connectivity index (χ1n) is 7.25. The summed E-state index contributed by atoms with van der Waals surface area (Å²) >= 11 is 0. The van der Waals surface area contributed by atoms with Crippen LogP contribution in [0, 0.1) is 5.92 Å². The van der Waals surface area contributed by atoms with Crippen molar-refractivity contribution in [1.82, 2.24) is 10.2 Å². The lowest BCUT2D eigenvalue weighted by molar-refractivity contribution is -0.129. The third-order valence-corrected chi connectivity index (χ3v) is 3.77. The molecule has 0 bridgehead atoms. The molecule has 1 saturated heterocycles. The molecule has 122 valence electrons. The maximum atomic E-state index is 12.2. The summed E-state index contributed by atoms with van der Waals surface area (Å²) < 4.78 is 0. The summed E-state index contributed by atoms with van der Waals surface area (Å²) in [6.07, 6.45) is 0.277. The van der Waals surface area contributed by atoms with Crippen LogP contribution in [-0.2, 0) is 16.1 Å². The first-order chi connectivity index (χ1) is 9.91. The van der Waals surface area contributed by atoms with E-state index in [1.807, 2.05) is 44.2 Å². The Morgan fingerprint density at radius 3 is 2.59 bits per heavy atom. The highest BCUT2D eigenvalue weighted by Gasteiger charge is 2.35. The van der Waals surface area contributed by atoms with Crippen LogP contribution in [0.2, 0.25) is 0 Å². The zero-order valence-corrected chi connectivity index (χ0v) is 13.9. The molecule has 1 aliphatic rings. The number of rotatable bonds is 5. The van der Waals surface area contributed by atoms with Crippen LogP contribution in [0.1, 0.15) is 25.8 Å². The second-order valence-electron chi connectivity index (χ2n) is 6.24. The molecular weight excluding hydrogens is 302 g/mol. The molecule has 0 aliphatic carbocycles. The number of nitrogens with two attached hydrogens (primary N) is 1. The Bertz CT molecular complexity index is 519. The molecule has 1 aromatic rings. The fraction of sp³-hybridized carbons (Fsp3) is 0.500. The molecule has 1 fully saturated rings. The average molecular weight is 326 g/mol. The Labute approximate surface area is 137 Å². The van der Waals surface area contributed by atoms with Gasteiger partial charge < -0.3 is 16.0 Å². The highest BCUT2D eigenvalue weighted by Crippen LogP contribution is 2.21. The van der Waals surface area contributed by atoms with E-state index in [0.717, 1.165) is 5.56 Å². The molecule has 6 heteroatoms. The zero-order valence-electron chi connectivity index (χ0n) is 13.0. The Morgan fingerprint density at radius 2 is 2.00 bits per heavy atom. The maximum Gasteiger partial charge on any atom is 0.225 e.